The zero-order valence-electron chi connectivity index (χ0n) is 18.4. The lowest BCUT2D eigenvalue weighted by Crippen LogP contribution is -2.52. The van der Waals surface area contributed by atoms with Gasteiger partial charge in [-0.3, -0.25) is 0 Å². The van der Waals surface area contributed by atoms with Gasteiger partial charge < -0.3 is 24.6 Å². The molecule has 176 valence electrons. The molecule has 0 atom stereocenters. The van der Waals surface area contributed by atoms with E-state index in [-0.39, 0.29) is 18.3 Å². The summed E-state index contributed by atoms with van der Waals surface area (Å²) in [4.78, 5) is 25.0. The van der Waals surface area contributed by atoms with Crippen molar-refractivity contribution in [1.29, 1.82) is 0 Å². The van der Waals surface area contributed by atoms with Crippen LogP contribution in [0.3, 0.4) is 0 Å². The van der Waals surface area contributed by atoms with Crippen molar-refractivity contribution in [2.24, 2.45) is 0 Å². The monoisotopic (exact) mass is 473 g/mol. The van der Waals surface area contributed by atoms with Gasteiger partial charge in [-0.1, -0.05) is 0 Å². The van der Waals surface area contributed by atoms with Crippen LogP contribution in [0, 0.1) is 0 Å². The second-order valence-corrected chi connectivity index (χ2v) is 10.7. The van der Waals surface area contributed by atoms with Crippen LogP contribution in [0.4, 0.5) is 16.3 Å². The molecule has 1 N–H and O–H groups in total. The molecule has 0 spiro atoms. The predicted octanol–water partition coefficient (Wildman–Crippen LogP) is 1.53. The van der Waals surface area contributed by atoms with Gasteiger partial charge in [0.15, 0.2) is 9.84 Å². The fraction of sp³-hybridized carbons (Fsp3) is 0.500. The van der Waals surface area contributed by atoms with Crippen molar-refractivity contribution >= 4 is 27.4 Å². The first-order valence-electron chi connectivity index (χ1n) is 11.1. The van der Waals surface area contributed by atoms with Gasteiger partial charge in [0.1, 0.15) is 24.4 Å². The molecule has 3 aliphatic heterocycles. The van der Waals surface area contributed by atoms with Crippen LogP contribution in [-0.4, -0.2) is 80.6 Å². The van der Waals surface area contributed by atoms with E-state index in [0.29, 0.717) is 49.1 Å². The molecule has 4 heterocycles. The highest BCUT2D eigenvalue weighted by atomic mass is 32.2. The number of piperidine rings is 1. The van der Waals surface area contributed by atoms with Crippen molar-refractivity contribution in [2.45, 2.75) is 36.4 Å². The maximum absolute atomic E-state index is 12.2. The molecule has 1 amide bonds. The smallest absolute Gasteiger partial charge is 0.410 e. The van der Waals surface area contributed by atoms with E-state index in [9.17, 15) is 13.2 Å². The van der Waals surface area contributed by atoms with Crippen LogP contribution in [0.25, 0.3) is 0 Å². The Bertz CT molecular complexity index is 1150. The molecule has 0 radical (unpaired) electrons. The van der Waals surface area contributed by atoms with Crippen molar-refractivity contribution in [2.75, 3.05) is 43.9 Å². The maximum atomic E-state index is 12.2. The highest BCUT2D eigenvalue weighted by Crippen LogP contribution is 2.35. The summed E-state index contributed by atoms with van der Waals surface area (Å²) in [7, 11) is -3.24. The molecule has 5 rings (SSSR count). The fourth-order valence-corrected chi connectivity index (χ4v) is 4.95. The molecule has 11 heteroatoms. The molecule has 1 aromatic heterocycles. The number of hydrogen-bond donors (Lipinski definition) is 1. The van der Waals surface area contributed by atoms with Gasteiger partial charge in [-0.25, -0.2) is 23.2 Å². The molecule has 2 aromatic rings. The molecule has 0 saturated carbocycles. The number of anilines is 2. The van der Waals surface area contributed by atoms with Crippen molar-refractivity contribution in [3.8, 4) is 5.88 Å². The minimum absolute atomic E-state index is 0.0143. The van der Waals surface area contributed by atoms with E-state index in [4.69, 9.17) is 9.47 Å². The summed E-state index contributed by atoms with van der Waals surface area (Å²) >= 11 is 0. The van der Waals surface area contributed by atoms with Gasteiger partial charge in [-0.2, -0.15) is 0 Å². The van der Waals surface area contributed by atoms with Gasteiger partial charge in [-0.05, 0) is 30.2 Å². The second kappa shape index (κ2) is 8.79. The minimum atomic E-state index is -3.24. The first-order chi connectivity index (χ1) is 15.9. The number of amides is 1. The van der Waals surface area contributed by atoms with Gasteiger partial charge in [0.2, 0.25) is 5.88 Å². The van der Waals surface area contributed by atoms with Crippen molar-refractivity contribution < 1.29 is 22.7 Å². The van der Waals surface area contributed by atoms with E-state index in [2.05, 4.69) is 15.3 Å². The Morgan fingerprint density at radius 3 is 2.58 bits per heavy atom. The van der Waals surface area contributed by atoms with E-state index in [1.165, 1.54) is 12.6 Å². The normalized spacial score (nSPS) is 19.2. The van der Waals surface area contributed by atoms with Crippen LogP contribution in [0.2, 0.25) is 0 Å². The third kappa shape index (κ3) is 4.74. The van der Waals surface area contributed by atoms with Gasteiger partial charge in [0.25, 0.3) is 0 Å². The predicted molar refractivity (Wildman–Crippen MR) is 121 cm³/mol. The number of likely N-dealkylation sites (tertiary alicyclic amines) is 1. The van der Waals surface area contributed by atoms with Crippen LogP contribution in [0.5, 0.6) is 5.88 Å². The molecule has 2 saturated heterocycles. The number of aromatic nitrogens is 2. The van der Waals surface area contributed by atoms with Crippen LogP contribution in [0.15, 0.2) is 35.5 Å². The van der Waals surface area contributed by atoms with E-state index in [0.717, 1.165) is 30.8 Å². The third-order valence-electron chi connectivity index (χ3n) is 6.28. The maximum Gasteiger partial charge on any atom is 0.410 e. The molecule has 10 nitrogen and oxygen atoms in total. The Balaban J connectivity index is 1.21. The number of carbonyl (C=O) groups is 1. The number of benzene rings is 1. The van der Waals surface area contributed by atoms with Crippen LogP contribution in [-0.2, 0) is 21.0 Å². The van der Waals surface area contributed by atoms with E-state index >= 15 is 0 Å². The lowest BCUT2D eigenvalue weighted by atomic mass is 10.1. The summed E-state index contributed by atoms with van der Waals surface area (Å²) in [5.74, 6) is 1.20. The van der Waals surface area contributed by atoms with Crippen molar-refractivity contribution in [1.82, 2.24) is 20.2 Å². The summed E-state index contributed by atoms with van der Waals surface area (Å²) in [5, 5.41) is 3.09. The Morgan fingerprint density at radius 2 is 1.88 bits per heavy atom. The number of hydrogen-bond acceptors (Lipinski definition) is 9. The highest BCUT2D eigenvalue weighted by molar-refractivity contribution is 7.90. The summed E-state index contributed by atoms with van der Waals surface area (Å²) in [6.45, 7) is 3.33. The number of rotatable bonds is 5. The SMILES string of the molecule is CS(=O)(=O)c1ccc2c(c1)CCN2c1cc(OC2CCN(C(=O)OC3CNC3)CC2)ncn1. The van der Waals surface area contributed by atoms with E-state index < -0.39 is 9.84 Å². The quantitative estimate of drug-likeness (QED) is 0.690. The molecule has 3 aliphatic rings. The largest absolute Gasteiger partial charge is 0.474 e. The lowest BCUT2D eigenvalue weighted by molar-refractivity contribution is 0.0243. The average molecular weight is 474 g/mol. The lowest BCUT2D eigenvalue weighted by Gasteiger charge is -2.34. The molecule has 0 aliphatic carbocycles. The Kier molecular flexibility index (Phi) is 5.83. The van der Waals surface area contributed by atoms with Crippen LogP contribution >= 0.6 is 0 Å². The number of ether oxygens (including phenoxy) is 2. The fourth-order valence-electron chi connectivity index (χ4n) is 4.28. The number of nitrogens with zero attached hydrogens (tertiary/aromatic N) is 4. The van der Waals surface area contributed by atoms with Gasteiger partial charge >= 0.3 is 6.09 Å². The molecule has 2 fully saturated rings. The molecule has 0 bridgehead atoms. The molecular formula is C22H27N5O5S. The van der Waals surface area contributed by atoms with Crippen LogP contribution < -0.4 is 15.0 Å². The standard InChI is InChI=1S/C22H27N5O5S/c1-33(29,30)18-2-3-19-15(10-18)4-9-27(19)20-11-21(25-14-24-20)31-16-5-7-26(8-6-16)22(28)32-17-12-23-13-17/h2-3,10-11,14,16-17,23H,4-9,12-13H2,1H3. The van der Waals surface area contributed by atoms with Gasteiger partial charge in [-0.15, -0.1) is 0 Å². The zero-order chi connectivity index (χ0) is 23.0. The Labute approximate surface area is 192 Å². The third-order valence-corrected chi connectivity index (χ3v) is 7.39. The average Bonchev–Trinajstić information content (AvgIpc) is 3.20. The summed E-state index contributed by atoms with van der Waals surface area (Å²) in [6.07, 6.45) is 4.54. The van der Waals surface area contributed by atoms with Crippen LogP contribution in [0.1, 0.15) is 18.4 Å². The molecule has 1 aromatic carbocycles. The van der Waals surface area contributed by atoms with Gasteiger partial charge in [0, 0.05) is 63.6 Å². The van der Waals surface area contributed by atoms with Gasteiger partial charge in [0.05, 0.1) is 4.90 Å². The summed E-state index contributed by atoms with van der Waals surface area (Å²) in [6, 6.07) is 7.01. The number of sulfone groups is 1. The Morgan fingerprint density at radius 1 is 1.09 bits per heavy atom. The van der Waals surface area contributed by atoms with E-state index in [1.807, 2.05) is 17.0 Å². The van der Waals surface area contributed by atoms with Crippen molar-refractivity contribution in [3.05, 3.63) is 36.2 Å². The molecule has 33 heavy (non-hydrogen) atoms. The topological polar surface area (TPSA) is 114 Å². The number of carbonyl (C=O) groups excluding carboxylic acids is 1. The minimum Gasteiger partial charge on any atom is -0.474 e. The number of fused-ring (bicyclic) bond motifs is 1. The summed E-state index contributed by atoms with van der Waals surface area (Å²) in [5.41, 5.74) is 1.93. The van der Waals surface area contributed by atoms with E-state index in [1.54, 1.807) is 17.0 Å². The first kappa shape index (κ1) is 21.9. The zero-order valence-corrected chi connectivity index (χ0v) is 19.3. The summed E-state index contributed by atoms with van der Waals surface area (Å²) < 4.78 is 35.2. The van der Waals surface area contributed by atoms with Crippen molar-refractivity contribution in [3.63, 3.8) is 0 Å². The Hall–Kier alpha value is -2.92. The first-order valence-corrected chi connectivity index (χ1v) is 13.0. The molecular weight excluding hydrogens is 446 g/mol. The number of nitrogens with one attached hydrogen (secondary N) is 1. The molecule has 0 unspecified atom stereocenters. The second-order valence-electron chi connectivity index (χ2n) is 8.65. The highest BCUT2D eigenvalue weighted by Gasteiger charge is 2.29.